The van der Waals surface area contributed by atoms with Crippen LogP contribution in [0.1, 0.15) is 117 Å². The van der Waals surface area contributed by atoms with E-state index in [4.69, 9.17) is 4.74 Å². The van der Waals surface area contributed by atoms with E-state index in [0.717, 1.165) is 37.7 Å². The van der Waals surface area contributed by atoms with Crippen molar-refractivity contribution in [2.45, 2.75) is 97.3 Å². The molecule has 4 nitrogen and oxygen atoms in total. The highest BCUT2D eigenvalue weighted by Gasteiger charge is 2.18. The molecular weight excluding hydrogens is 520 g/mol. The predicted molar refractivity (Wildman–Crippen MR) is 176 cm³/mol. The van der Waals surface area contributed by atoms with E-state index >= 15 is 0 Å². The van der Waals surface area contributed by atoms with Crippen molar-refractivity contribution in [1.82, 2.24) is 0 Å². The summed E-state index contributed by atoms with van der Waals surface area (Å²) in [5, 5.41) is 14.6. The van der Waals surface area contributed by atoms with Crippen LogP contribution in [-0.4, -0.2) is 23.7 Å². The Hall–Kier alpha value is -3.66. The summed E-state index contributed by atoms with van der Waals surface area (Å²) < 4.78 is 5.35. The smallest absolute Gasteiger partial charge is 0.339 e. The molecule has 1 N–H and O–H groups in total. The highest BCUT2D eigenvalue weighted by molar-refractivity contribution is 6.02. The van der Waals surface area contributed by atoms with Crippen molar-refractivity contribution in [3.05, 3.63) is 95.6 Å². The van der Waals surface area contributed by atoms with Crippen LogP contribution in [0.15, 0.2) is 78.9 Å². The number of fused-ring (bicyclic) bond motifs is 2. The number of unbranched alkanes of at least 4 members (excludes halogenated alkanes) is 10. The number of aromatic carboxylic acids is 1. The molecule has 4 rings (SSSR count). The second-order valence-corrected chi connectivity index (χ2v) is 11.2. The van der Waals surface area contributed by atoms with Crippen molar-refractivity contribution < 1.29 is 19.4 Å². The van der Waals surface area contributed by atoms with Gasteiger partial charge in [-0.1, -0.05) is 133 Å². The average molecular weight is 569 g/mol. The number of ether oxygens (including phenoxy) is 1. The molecule has 0 spiro atoms. The molecule has 0 aromatic heterocycles. The second kappa shape index (κ2) is 18.7. The lowest BCUT2D eigenvalue weighted by Crippen LogP contribution is -2.13. The van der Waals surface area contributed by atoms with E-state index in [1.807, 2.05) is 6.07 Å². The van der Waals surface area contributed by atoms with Crippen LogP contribution in [-0.2, 0) is 11.2 Å². The molecule has 0 atom stereocenters. The van der Waals surface area contributed by atoms with Gasteiger partial charge in [0.05, 0.1) is 17.7 Å². The van der Waals surface area contributed by atoms with Crippen molar-refractivity contribution in [1.29, 1.82) is 0 Å². The molecule has 0 fully saturated rings. The summed E-state index contributed by atoms with van der Waals surface area (Å²) in [5.74, 6) is -1.60. The van der Waals surface area contributed by atoms with Crippen LogP contribution >= 0.6 is 0 Å². The molecule has 0 radical (unpaired) electrons. The number of carboxylic acid groups (broad SMARTS) is 1. The number of hydrogen-bond donors (Lipinski definition) is 1. The van der Waals surface area contributed by atoms with Gasteiger partial charge in [0.2, 0.25) is 0 Å². The number of esters is 1. The topological polar surface area (TPSA) is 63.6 Å². The number of carboxylic acids is 1. The number of aryl methyl sites for hydroxylation is 1. The van der Waals surface area contributed by atoms with E-state index in [1.54, 1.807) is 6.07 Å². The Morgan fingerprint density at radius 1 is 0.571 bits per heavy atom. The van der Waals surface area contributed by atoms with E-state index in [2.05, 4.69) is 74.5 Å². The highest BCUT2D eigenvalue weighted by Crippen LogP contribution is 2.22. The lowest BCUT2D eigenvalue weighted by Gasteiger charge is -2.10. The third-order valence-corrected chi connectivity index (χ3v) is 7.70. The summed E-state index contributed by atoms with van der Waals surface area (Å²) >= 11 is 0. The molecule has 0 heterocycles. The number of hydrogen-bond acceptors (Lipinski definition) is 3. The van der Waals surface area contributed by atoms with Gasteiger partial charge in [0.1, 0.15) is 0 Å². The van der Waals surface area contributed by atoms with Crippen molar-refractivity contribution >= 4 is 33.5 Å². The van der Waals surface area contributed by atoms with Gasteiger partial charge >= 0.3 is 11.9 Å². The Bertz CT molecular complexity index is 1290. The van der Waals surface area contributed by atoms with Gasteiger partial charge in [-0.05, 0) is 70.6 Å². The summed E-state index contributed by atoms with van der Waals surface area (Å²) in [7, 11) is 0. The van der Waals surface area contributed by atoms with E-state index in [9.17, 15) is 14.7 Å². The van der Waals surface area contributed by atoms with Gasteiger partial charge in [0.15, 0.2) is 0 Å². The molecule has 224 valence electrons. The molecule has 0 aliphatic rings. The van der Waals surface area contributed by atoms with E-state index in [1.165, 1.54) is 79.0 Å². The summed E-state index contributed by atoms with van der Waals surface area (Å²) in [4.78, 5) is 23.9. The first-order chi connectivity index (χ1) is 20.5. The largest absolute Gasteiger partial charge is 0.478 e. The van der Waals surface area contributed by atoms with Crippen molar-refractivity contribution in [3.8, 4) is 0 Å². The highest BCUT2D eigenvalue weighted by atomic mass is 16.5. The van der Waals surface area contributed by atoms with Gasteiger partial charge < -0.3 is 9.84 Å². The van der Waals surface area contributed by atoms with Gasteiger partial charge in [0.25, 0.3) is 0 Å². The summed E-state index contributed by atoms with van der Waals surface area (Å²) in [6, 6.07) is 26.5. The summed E-state index contributed by atoms with van der Waals surface area (Å²) in [6.45, 7) is 4.74. The predicted octanol–water partition coefficient (Wildman–Crippen LogP) is 10.8. The summed E-state index contributed by atoms with van der Waals surface area (Å²) in [6.07, 6.45) is 14.8. The Kier molecular flexibility index (Phi) is 14.6. The van der Waals surface area contributed by atoms with Crippen LogP contribution in [0.5, 0.6) is 0 Å². The third kappa shape index (κ3) is 11.0. The molecule has 0 aliphatic heterocycles. The fourth-order valence-electron chi connectivity index (χ4n) is 5.22. The number of rotatable bonds is 16. The molecule has 4 heteroatoms. The Labute approximate surface area is 252 Å². The third-order valence-electron chi connectivity index (χ3n) is 7.70. The van der Waals surface area contributed by atoms with E-state index in [-0.39, 0.29) is 11.1 Å². The molecule has 4 aromatic rings. The van der Waals surface area contributed by atoms with Gasteiger partial charge in [-0.15, -0.1) is 0 Å². The lowest BCUT2D eigenvalue weighted by molar-refractivity contribution is 0.0487. The molecule has 42 heavy (non-hydrogen) atoms. The number of benzene rings is 4. The fraction of sp³-hybridized carbons (Fsp3) is 0.421. The van der Waals surface area contributed by atoms with Gasteiger partial charge in [-0.25, -0.2) is 9.59 Å². The zero-order valence-electron chi connectivity index (χ0n) is 25.6. The lowest BCUT2D eigenvalue weighted by atomic mass is 9.99. The minimum absolute atomic E-state index is 0.0274. The van der Waals surface area contributed by atoms with Crippen molar-refractivity contribution in [2.75, 3.05) is 6.61 Å². The van der Waals surface area contributed by atoms with Crippen LogP contribution in [0.4, 0.5) is 0 Å². The molecule has 0 saturated heterocycles. The van der Waals surface area contributed by atoms with Crippen LogP contribution in [0, 0.1) is 0 Å². The van der Waals surface area contributed by atoms with Gasteiger partial charge in [-0.2, -0.15) is 0 Å². The number of carbonyl (C=O) groups is 2. The Balaban J connectivity index is 0.000000283. The normalized spacial score (nSPS) is 10.8. The average Bonchev–Trinajstić information content (AvgIpc) is 3.01. The molecule has 0 unspecified atom stereocenters. The van der Waals surface area contributed by atoms with Crippen molar-refractivity contribution in [3.63, 3.8) is 0 Å². The minimum Gasteiger partial charge on any atom is -0.478 e. The molecular formula is C38H48O4. The van der Waals surface area contributed by atoms with Gasteiger partial charge in [-0.3, -0.25) is 0 Å². The standard InChI is InChI=1S/C24H38O4.C14H10/c1-3-5-7-9-11-13-15-20-16-17-21(23(25)26)22(19-20)24(27)28-18-14-12-10-8-6-4-2;1-2-6-12-10-14-8-4-3-7-13(14)9-11(12)5-1/h16-17,19H,3-15,18H2,1-2H3,(H,25,26);1-10H. The second-order valence-electron chi connectivity index (χ2n) is 11.2. The maximum absolute atomic E-state index is 12.4. The fourth-order valence-corrected chi connectivity index (χ4v) is 5.22. The Morgan fingerprint density at radius 2 is 1.05 bits per heavy atom. The van der Waals surface area contributed by atoms with Crippen LogP contribution < -0.4 is 0 Å². The van der Waals surface area contributed by atoms with E-state index < -0.39 is 11.9 Å². The maximum Gasteiger partial charge on any atom is 0.339 e. The molecule has 0 saturated carbocycles. The van der Waals surface area contributed by atoms with Crippen LogP contribution in [0.2, 0.25) is 0 Å². The maximum atomic E-state index is 12.4. The molecule has 0 aliphatic carbocycles. The van der Waals surface area contributed by atoms with Crippen molar-refractivity contribution in [2.24, 2.45) is 0 Å². The summed E-state index contributed by atoms with van der Waals surface area (Å²) in [5.41, 5.74) is 1.22. The first-order valence-corrected chi connectivity index (χ1v) is 15.9. The Morgan fingerprint density at radius 3 is 1.55 bits per heavy atom. The molecule has 4 aromatic carbocycles. The quantitative estimate of drug-likeness (QED) is 0.0829. The van der Waals surface area contributed by atoms with Gasteiger partial charge in [0, 0.05) is 0 Å². The zero-order valence-corrected chi connectivity index (χ0v) is 25.6. The SMILES string of the molecule is CCCCCCCCOC(=O)c1cc(CCCCCCCC)ccc1C(=O)O.c1ccc2cc3ccccc3cc2c1. The molecule has 0 amide bonds. The molecule has 0 bridgehead atoms. The number of carbonyl (C=O) groups excluding carboxylic acids is 1. The van der Waals surface area contributed by atoms with Crippen LogP contribution in [0.3, 0.4) is 0 Å². The monoisotopic (exact) mass is 568 g/mol. The first kappa shape index (κ1) is 32.8. The first-order valence-electron chi connectivity index (χ1n) is 15.9. The van der Waals surface area contributed by atoms with Crippen LogP contribution in [0.25, 0.3) is 21.5 Å². The zero-order chi connectivity index (χ0) is 30.0. The van der Waals surface area contributed by atoms with E-state index in [0.29, 0.717) is 6.61 Å². The minimum atomic E-state index is -1.09.